The van der Waals surface area contributed by atoms with E-state index in [1.54, 1.807) is 30.0 Å². The van der Waals surface area contributed by atoms with Crippen molar-refractivity contribution in [3.63, 3.8) is 0 Å². The number of nitrogens with one attached hydrogen (secondary N) is 1. The van der Waals surface area contributed by atoms with E-state index in [2.05, 4.69) is 9.71 Å². The second-order valence-corrected chi connectivity index (χ2v) is 11.3. The van der Waals surface area contributed by atoms with Gasteiger partial charge in [-0.15, -0.1) is 0 Å². The molecule has 196 valence electrons. The second-order valence-electron chi connectivity index (χ2n) is 9.67. The van der Waals surface area contributed by atoms with E-state index in [4.69, 9.17) is 4.74 Å². The van der Waals surface area contributed by atoms with Crippen molar-refractivity contribution in [1.29, 1.82) is 0 Å². The molecule has 0 spiro atoms. The molecule has 7 nitrogen and oxygen atoms in total. The van der Waals surface area contributed by atoms with Gasteiger partial charge in [0.25, 0.3) is 10.0 Å². The number of para-hydroxylation sites is 1. The third kappa shape index (κ3) is 5.97. The fourth-order valence-electron chi connectivity index (χ4n) is 4.90. The minimum absolute atomic E-state index is 0.00280. The summed E-state index contributed by atoms with van der Waals surface area (Å²) in [6.07, 6.45) is 3.76. The van der Waals surface area contributed by atoms with Crippen LogP contribution in [0.2, 0.25) is 0 Å². The molecular weight excluding hydrogens is 498 g/mol. The van der Waals surface area contributed by atoms with Crippen LogP contribution in [0.25, 0.3) is 10.9 Å². The quantitative estimate of drug-likeness (QED) is 0.304. The third-order valence-electron chi connectivity index (χ3n) is 6.95. The summed E-state index contributed by atoms with van der Waals surface area (Å²) < 4.78 is 34.2. The van der Waals surface area contributed by atoms with Crippen LogP contribution in [0.5, 0.6) is 5.75 Å². The summed E-state index contributed by atoms with van der Waals surface area (Å²) in [5.41, 5.74) is 3.26. The van der Waals surface area contributed by atoms with Crippen LogP contribution in [0.3, 0.4) is 0 Å². The number of benzene rings is 3. The Morgan fingerprint density at radius 2 is 1.66 bits per heavy atom. The predicted molar refractivity (Wildman–Crippen MR) is 147 cm³/mol. The van der Waals surface area contributed by atoms with E-state index in [0.29, 0.717) is 24.5 Å². The van der Waals surface area contributed by atoms with Crippen molar-refractivity contribution in [2.75, 3.05) is 0 Å². The van der Waals surface area contributed by atoms with Gasteiger partial charge in [0.05, 0.1) is 16.1 Å². The first-order chi connectivity index (χ1) is 18.4. The van der Waals surface area contributed by atoms with Crippen LogP contribution >= 0.6 is 0 Å². The molecule has 1 saturated carbocycles. The van der Waals surface area contributed by atoms with Gasteiger partial charge >= 0.3 is 6.03 Å². The van der Waals surface area contributed by atoms with Crippen LogP contribution in [0.4, 0.5) is 4.79 Å². The molecule has 0 aliphatic heterocycles. The lowest BCUT2D eigenvalue weighted by Crippen LogP contribution is -2.46. The van der Waals surface area contributed by atoms with Crippen LogP contribution in [0, 0.1) is 6.92 Å². The molecule has 8 heteroatoms. The fourth-order valence-corrected chi connectivity index (χ4v) is 6.11. The number of nitrogens with zero attached hydrogens (tertiary/aromatic N) is 2. The van der Waals surface area contributed by atoms with Crippen LogP contribution in [0.1, 0.15) is 42.5 Å². The maximum atomic E-state index is 13.3. The van der Waals surface area contributed by atoms with Gasteiger partial charge in [-0.2, -0.15) is 0 Å². The van der Waals surface area contributed by atoms with Crippen molar-refractivity contribution in [2.24, 2.45) is 0 Å². The lowest BCUT2D eigenvalue weighted by molar-refractivity contribution is 0.176. The first kappa shape index (κ1) is 25.7. The Morgan fingerprint density at radius 1 is 0.947 bits per heavy atom. The van der Waals surface area contributed by atoms with Gasteiger partial charge in [-0.05, 0) is 61.2 Å². The molecule has 38 heavy (non-hydrogen) atoms. The van der Waals surface area contributed by atoms with E-state index >= 15 is 0 Å². The van der Waals surface area contributed by atoms with Crippen LogP contribution in [0.15, 0.2) is 89.8 Å². The van der Waals surface area contributed by atoms with Gasteiger partial charge in [0.1, 0.15) is 12.4 Å². The van der Waals surface area contributed by atoms with E-state index < -0.39 is 16.1 Å². The fraction of sp³-hybridized carbons (Fsp3) is 0.267. The summed E-state index contributed by atoms with van der Waals surface area (Å²) in [7, 11) is -3.98. The Labute approximate surface area is 223 Å². The highest BCUT2D eigenvalue weighted by Gasteiger charge is 2.30. The minimum atomic E-state index is -3.98. The number of aromatic nitrogens is 1. The maximum absolute atomic E-state index is 13.3. The molecule has 2 amide bonds. The van der Waals surface area contributed by atoms with Crippen molar-refractivity contribution in [2.45, 2.75) is 56.7 Å². The number of urea groups is 1. The van der Waals surface area contributed by atoms with Crippen molar-refractivity contribution in [3.8, 4) is 5.75 Å². The zero-order valence-corrected chi connectivity index (χ0v) is 22.2. The number of ether oxygens (including phenoxy) is 1. The molecule has 1 aliphatic rings. The SMILES string of the molecule is Cc1ccccc1S(=O)(=O)NC(=O)N(Cc1ccc(OCc2ccc3ccccc3n2)cc1)C1CCCC1. The van der Waals surface area contributed by atoms with Gasteiger partial charge in [0.2, 0.25) is 0 Å². The standard InChI is InChI=1S/C30H31N3O4S/c1-22-8-2-7-13-29(22)38(35,36)32-30(34)33(26-10-4-5-11-26)20-23-14-18-27(19-15-23)37-21-25-17-16-24-9-3-6-12-28(24)31-25/h2-3,6-9,12-19,26H,4-5,10-11,20-21H2,1H3,(H,32,34). The number of fused-ring (bicyclic) bond motifs is 1. The normalized spacial score (nSPS) is 13.9. The number of hydrogen-bond donors (Lipinski definition) is 1. The summed E-state index contributed by atoms with van der Waals surface area (Å²) in [5, 5.41) is 1.09. The first-order valence-corrected chi connectivity index (χ1v) is 14.3. The molecule has 0 atom stereocenters. The number of rotatable bonds is 8. The van der Waals surface area contributed by atoms with Crippen LogP contribution in [-0.4, -0.2) is 30.4 Å². The average Bonchev–Trinajstić information content (AvgIpc) is 3.45. The van der Waals surface area contributed by atoms with Crippen LogP contribution in [-0.2, 0) is 23.2 Å². The van der Waals surface area contributed by atoms with Gasteiger partial charge in [0.15, 0.2) is 0 Å². The highest BCUT2D eigenvalue weighted by atomic mass is 32.2. The maximum Gasteiger partial charge on any atom is 0.331 e. The monoisotopic (exact) mass is 529 g/mol. The molecular formula is C30H31N3O4S. The molecule has 1 aromatic heterocycles. The molecule has 3 aromatic carbocycles. The Morgan fingerprint density at radius 3 is 2.42 bits per heavy atom. The second kappa shape index (κ2) is 11.2. The number of amides is 2. The molecule has 1 fully saturated rings. The van der Waals surface area contributed by atoms with Gasteiger partial charge in [-0.1, -0.05) is 67.4 Å². The molecule has 5 rings (SSSR count). The number of hydrogen-bond acceptors (Lipinski definition) is 5. The van der Waals surface area contributed by atoms with Crippen LogP contribution < -0.4 is 9.46 Å². The highest BCUT2D eigenvalue weighted by molar-refractivity contribution is 7.90. The lowest BCUT2D eigenvalue weighted by atomic mass is 10.1. The predicted octanol–water partition coefficient (Wildman–Crippen LogP) is 5.97. The van der Waals surface area contributed by atoms with Crippen molar-refractivity contribution >= 4 is 27.0 Å². The van der Waals surface area contributed by atoms with Gasteiger partial charge in [0, 0.05) is 18.0 Å². The van der Waals surface area contributed by atoms with E-state index in [0.717, 1.165) is 47.8 Å². The van der Waals surface area contributed by atoms with E-state index in [9.17, 15) is 13.2 Å². The number of pyridine rings is 1. The zero-order chi connectivity index (χ0) is 26.5. The smallest absolute Gasteiger partial charge is 0.331 e. The third-order valence-corrected chi connectivity index (χ3v) is 8.43. The Kier molecular flexibility index (Phi) is 7.60. The highest BCUT2D eigenvalue weighted by Crippen LogP contribution is 2.26. The molecule has 1 heterocycles. The molecule has 4 aromatic rings. The molecule has 1 aliphatic carbocycles. The topological polar surface area (TPSA) is 88.6 Å². The van der Waals surface area contributed by atoms with E-state index in [-0.39, 0.29) is 10.9 Å². The van der Waals surface area contributed by atoms with Crippen molar-refractivity contribution in [1.82, 2.24) is 14.6 Å². The largest absolute Gasteiger partial charge is 0.487 e. The molecule has 0 saturated heterocycles. The van der Waals surface area contributed by atoms with Crippen molar-refractivity contribution < 1.29 is 17.9 Å². The van der Waals surface area contributed by atoms with Gasteiger partial charge in [-0.25, -0.2) is 22.9 Å². The summed E-state index contributed by atoms with van der Waals surface area (Å²) >= 11 is 0. The van der Waals surface area contributed by atoms with Gasteiger partial charge < -0.3 is 9.64 Å². The zero-order valence-electron chi connectivity index (χ0n) is 21.3. The molecule has 0 radical (unpaired) electrons. The number of carbonyl (C=O) groups is 1. The van der Waals surface area contributed by atoms with Gasteiger partial charge in [-0.3, -0.25) is 0 Å². The first-order valence-electron chi connectivity index (χ1n) is 12.8. The van der Waals surface area contributed by atoms with Crippen molar-refractivity contribution in [3.05, 3.63) is 102 Å². The Hall–Kier alpha value is -3.91. The number of aryl methyl sites for hydroxylation is 1. The molecule has 1 N–H and O–H groups in total. The Bertz CT molecular complexity index is 1530. The summed E-state index contributed by atoms with van der Waals surface area (Å²) in [6.45, 7) is 2.37. The minimum Gasteiger partial charge on any atom is -0.487 e. The summed E-state index contributed by atoms with van der Waals surface area (Å²) in [4.78, 5) is 19.7. The molecule has 0 unspecified atom stereocenters. The summed E-state index contributed by atoms with van der Waals surface area (Å²) in [6, 6.07) is 25.6. The lowest BCUT2D eigenvalue weighted by Gasteiger charge is -2.29. The van der Waals surface area contributed by atoms with E-state index in [1.165, 1.54) is 6.07 Å². The van der Waals surface area contributed by atoms with E-state index in [1.807, 2.05) is 60.7 Å². The average molecular weight is 530 g/mol. The Balaban J connectivity index is 1.26. The number of carbonyl (C=O) groups excluding carboxylic acids is 1. The molecule has 0 bridgehead atoms. The number of sulfonamides is 1. The summed E-state index contributed by atoms with van der Waals surface area (Å²) in [5.74, 6) is 0.697.